The molecule has 100 valence electrons. The fourth-order valence-corrected chi connectivity index (χ4v) is 2.42. The molecule has 1 aromatic carbocycles. The van der Waals surface area contributed by atoms with Crippen molar-refractivity contribution in [3.8, 4) is 11.4 Å². The van der Waals surface area contributed by atoms with Crippen molar-refractivity contribution < 1.29 is 0 Å². The first kappa shape index (κ1) is 14.0. The molecule has 0 bridgehead atoms. The van der Waals surface area contributed by atoms with Gasteiger partial charge < -0.3 is 5.32 Å². The number of nitrogens with one attached hydrogen (secondary N) is 1. The Morgan fingerprint density at radius 3 is 2.58 bits per heavy atom. The van der Waals surface area contributed by atoms with Crippen LogP contribution in [0, 0.1) is 6.92 Å². The maximum Gasteiger partial charge on any atom is 0.162 e. The molecule has 1 aromatic heterocycles. The Morgan fingerprint density at radius 2 is 1.95 bits per heavy atom. The van der Waals surface area contributed by atoms with Gasteiger partial charge in [-0.2, -0.15) is 0 Å². The lowest BCUT2D eigenvalue weighted by Crippen LogP contribution is -2.04. The molecule has 0 amide bonds. The summed E-state index contributed by atoms with van der Waals surface area (Å²) in [5.74, 6) is 1.69. The van der Waals surface area contributed by atoms with Gasteiger partial charge in [0.05, 0.1) is 0 Å². The van der Waals surface area contributed by atoms with Crippen molar-refractivity contribution >= 4 is 21.7 Å². The Bertz CT molecular complexity index is 582. The second kappa shape index (κ2) is 6.15. The topological polar surface area (TPSA) is 37.8 Å². The Hall–Kier alpha value is -1.42. The zero-order valence-corrected chi connectivity index (χ0v) is 13.1. The van der Waals surface area contributed by atoms with Crippen LogP contribution in [0.4, 0.5) is 5.82 Å². The maximum atomic E-state index is 4.63. The summed E-state index contributed by atoms with van der Waals surface area (Å²) >= 11 is 3.48. The average Bonchev–Trinajstić information content (AvgIpc) is 2.38. The van der Waals surface area contributed by atoms with E-state index in [1.807, 2.05) is 12.1 Å². The molecule has 0 aliphatic heterocycles. The molecule has 0 aliphatic rings. The maximum absolute atomic E-state index is 4.63. The summed E-state index contributed by atoms with van der Waals surface area (Å²) in [7, 11) is 0. The third-order valence-corrected chi connectivity index (χ3v) is 3.42. The number of rotatable bonds is 4. The Balaban J connectivity index is 2.51. The summed E-state index contributed by atoms with van der Waals surface area (Å²) in [6, 6.07) is 8.19. The predicted molar refractivity (Wildman–Crippen MR) is 83.4 cm³/mol. The van der Waals surface area contributed by atoms with E-state index in [1.54, 1.807) is 0 Å². The molecule has 0 unspecified atom stereocenters. The fraction of sp³-hybridized carbons (Fsp3) is 0.333. The minimum Gasteiger partial charge on any atom is -0.370 e. The molecule has 0 aliphatic carbocycles. The number of halogens is 1. The molecule has 0 atom stereocenters. The zero-order chi connectivity index (χ0) is 13.8. The van der Waals surface area contributed by atoms with Crippen LogP contribution in [-0.2, 0) is 6.42 Å². The van der Waals surface area contributed by atoms with Crippen LogP contribution in [0.3, 0.4) is 0 Å². The SMILES string of the molecule is CCNc1cc(CC)nc(-c2ccc(Br)cc2C)n1. The van der Waals surface area contributed by atoms with E-state index in [0.29, 0.717) is 0 Å². The van der Waals surface area contributed by atoms with Gasteiger partial charge in [0.1, 0.15) is 5.82 Å². The van der Waals surface area contributed by atoms with Gasteiger partial charge in [-0.3, -0.25) is 0 Å². The smallest absolute Gasteiger partial charge is 0.162 e. The van der Waals surface area contributed by atoms with Crippen molar-refractivity contribution in [1.82, 2.24) is 9.97 Å². The van der Waals surface area contributed by atoms with Gasteiger partial charge in [-0.25, -0.2) is 9.97 Å². The third kappa shape index (κ3) is 3.32. The van der Waals surface area contributed by atoms with E-state index in [-0.39, 0.29) is 0 Å². The summed E-state index contributed by atoms with van der Waals surface area (Å²) in [6.45, 7) is 7.11. The molecule has 0 spiro atoms. The van der Waals surface area contributed by atoms with Crippen molar-refractivity contribution in [2.24, 2.45) is 0 Å². The Labute approximate surface area is 122 Å². The molecule has 0 saturated carbocycles. The van der Waals surface area contributed by atoms with Gasteiger partial charge in [-0.05, 0) is 44.0 Å². The van der Waals surface area contributed by atoms with E-state index in [9.17, 15) is 0 Å². The van der Waals surface area contributed by atoms with E-state index in [0.717, 1.165) is 40.3 Å². The van der Waals surface area contributed by atoms with E-state index < -0.39 is 0 Å². The molecule has 0 saturated heterocycles. The molecule has 0 fully saturated rings. The monoisotopic (exact) mass is 319 g/mol. The standard InChI is InChI=1S/C15H18BrN3/c1-4-12-9-14(17-5-2)19-15(18-12)13-7-6-11(16)8-10(13)3/h6-9H,4-5H2,1-3H3,(H,17,18,19). The summed E-state index contributed by atoms with van der Waals surface area (Å²) in [5, 5.41) is 3.26. The van der Waals surface area contributed by atoms with E-state index in [1.165, 1.54) is 5.56 Å². The first-order chi connectivity index (χ1) is 9.13. The first-order valence-electron chi connectivity index (χ1n) is 6.52. The van der Waals surface area contributed by atoms with Crippen LogP contribution in [0.2, 0.25) is 0 Å². The molecule has 4 heteroatoms. The highest BCUT2D eigenvalue weighted by Gasteiger charge is 2.08. The third-order valence-electron chi connectivity index (χ3n) is 2.93. The first-order valence-corrected chi connectivity index (χ1v) is 7.31. The van der Waals surface area contributed by atoms with E-state index >= 15 is 0 Å². The van der Waals surface area contributed by atoms with Crippen LogP contribution in [0.15, 0.2) is 28.7 Å². The Morgan fingerprint density at radius 1 is 1.16 bits per heavy atom. The Kier molecular flexibility index (Phi) is 4.53. The number of hydrogen-bond acceptors (Lipinski definition) is 3. The van der Waals surface area contributed by atoms with Crippen LogP contribution in [-0.4, -0.2) is 16.5 Å². The van der Waals surface area contributed by atoms with Crippen LogP contribution in [0.5, 0.6) is 0 Å². The van der Waals surface area contributed by atoms with E-state index in [2.05, 4.69) is 64.1 Å². The van der Waals surface area contributed by atoms with Crippen LogP contribution < -0.4 is 5.32 Å². The van der Waals surface area contributed by atoms with E-state index in [4.69, 9.17) is 0 Å². The van der Waals surface area contributed by atoms with Gasteiger partial charge in [0.2, 0.25) is 0 Å². The molecule has 1 N–H and O–H groups in total. The minimum absolute atomic E-state index is 0.792. The molecular weight excluding hydrogens is 302 g/mol. The number of nitrogens with zero attached hydrogens (tertiary/aromatic N) is 2. The van der Waals surface area contributed by atoms with Gasteiger partial charge in [0.15, 0.2) is 5.82 Å². The quantitative estimate of drug-likeness (QED) is 0.917. The van der Waals surface area contributed by atoms with Crippen LogP contribution in [0.25, 0.3) is 11.4 Å². The second-order valence-electron chi connectivity index (χ2n) is 4.41. The molecule has 3 nitrogen and oxygen atoms in total. The molecule has 2 rings (SSSR count). The molecule has 19 heavy (non-hydrogen) atoms. The molecule has 1 heterocycles. The minimum atomic E-state index is 0.792. The van der Waals surface area contributed by atoms with Crippen molar-refractivity contribution in [2.45, 2.75) is 27.2 Å². The van der Waals surface area contributed by atoms with Crippen molar-refractivity contribution in [3.05, 3.63) is 40.0 Å². The normalized spacial score (nSPS) is 10.5. The molecule has 2 aromatic rings. The number of hydrogen-bond donors (Lipinski definition) is 1. The van der Waals surface area contributed by atoms with Crippen molar-refractivity contribution in [3.63, 3.8) is 0 Å². The van der Waals surface area contributed by atoms with Gasteiger partial charge >= 0.3 is 0 Å². The predicted octanol–water partition coefficient (Wildman–Crippen LogP) is 4.21. The van der Waals surface area contributed by atoms with Crippen molar-refractivity contribution in [2.75, 3.05) is 11.9 Å². The highest BCUT2D eigenvalue weighted by Crippen LogP contribution is 2.25. The summed E-state index contributed by atoms with van der Waals surface area (Å²) in [5.41, 5.74) is 3.31. The van der Waals surface area contributed by atoms with Crippen molar-refractivity contribution in [1.29, 1.82) is 0 Å². The zero-order valence-electron chi connectivity index (χ0n) is 11.5. The summed E-state index contributed by atoms with van der Waals surface area (Å²) in [6.07, 6.45) is 0.906. The van der Waals surface area contributed by atoms with Gasteiger partial charge in [0, 0.05) is 28.3 Å². The fourth-order valence-electron chi connectivity index (χ4n) is 1.95. The molecular formula is C15H18BrN3. The number of aromatic nitrogens is 2. The van der Waals surface area contributed by atoms with Crippen LogP contribution >= 0.6 is 15.9 Å². The highest BCUT2D eigenvalue weighted by molar-refractivity contribution is 9.10. The number of anilines is 1. The highest BCUT2D eigenvalue weighted by atomic mass is 79.9. The largest absolute Gasteiger partial charge is 0.370 e. The summed E-state index contributed by atoms with van der Waals surface area (Å²) in [4.78, 5) is 9.22. The van der Waals surface area contributed by atoms with Gasteiger partial charge in [-0.15, -0.1) is 0 Å². The van der Waals surface area contributed by atoms with Crippen LogP contribution in [0.1, 0.15) is 25.1 Å². The average molecular weight is 320 g/mol. The second-order valence-corrected chi connectivity index (χ2v) is 5.33. The number of aryl methyl sites for hydroxylation is 2. The lowest BCUT2D eigenvalue weighted by atomic mass is 10.1. The molecule has 0 radical (unpaired) electrons. The van der Waals surface area contributed by atoms with Gasteiger partial charge in [0.25, 0.3) is 0 Å². The van der Waals surface area contributed by atoms with Gasteiger partial charge in [-0.1, -0.05) is 22.9 Å². The summed E-state index contributed by atoms with van der Waals surface area (Å²) < 4.78 is 1.08. The lowest BCUT2D eigenvalue weighted by Gasteiger charge is -2.10. The lowest BCUT2D eigenvalue weighted by molar-refractivity contribution is 0.997. The number of benzene rings is 1.